The summed E-state index contributed by atoms with van der Waals surface area (Å²) in [6.07, 6.45) is 0.927. The molecule has 1 aromatic carbocycles. The molecule has 0 bridgehead atoms. The molecule has 0 saturated carbocycles. The van der Waals surface area contributed by atoms with E-state index in [1.54, 1.807) is 25.3 Å². The highest BCUT2D eigenvalue weighted by molar-refractivity contribution is 5.82. The average molecular weight is 237 g/mol. The molecule has 17 heavy (non-hydrogen) atoms. The van der Waals surface area contributed by atoms with Crippen molar-refractivity contribution in [1.29, 1.82) is 0 Å². The standard InChI is InChI=1S/C12H19N3O2/c1-3-6-14-12(16)8-15-11-5-4-9(17-2)7-10(11)13/h4-5,7,15H,3,6,8,13H2,1-2H3,(H,14,16). The van der Waals surface area contributed by atoms with Gasteiger partial charge < -0.3 is 21.1 Å². The smallest absolute Gasteiger partial charge is 0.239 e. The van der Waals surface area contributed by atoms with Crippen molar-refractivity contribution in [2.45, 2.75) is 13.3 Å². The van der Waals surface area contributed by atoms with Crippen LogP contribution in [-0.4, -0.2) is 26.1 Å². The molecular weight excluding hydrogens is 218 g/mol. The van der Waals surface area contributed by atoms with E-state index >= 15 is 0 Å². The zero-order chi connectivity index (χ0) is 12.7. The Morgan fingerprint density at radius 1 is 1.47 bits per heavy atom. The molecule has 4 N–H and O–H groups in total. The van der Waals surface area contributed by atoms with E-state index < -0.39 is 0 Å². The Bertz CT molecular complexity index is 380. The Labute approximate surface area is 101 Å². The lowest BCUT2D eigenvalue weighted by Crippen LogP contribution is -2.30. The first-order chi connectivity index (χ1) is 8.17. The average Bonchev–Trinajstić information content (AvgIpc) is 2.34. The molecule has 1 aromatic rings. The van der Waals surface area contributed by atoms with Gasteiger partial charge in [-0.3, -0.25) is 4.79 Å². The topological polar surface area (TPSA) is 76.4 Å². The van der Waals surface area contributed by atoms with Gasteiger partial charge in [0.05, 0.1) is 25.0 Å². The van der Waals surface area contributed by atoms with Crippen LogP contribution in [0.5, 0.6) is 5.75 Å². The van der Waals surface area contributed by atoms with Gasteiger partial charge in [-0.15, -0.1) is 0 Å². The van der Waals surface area contributed by atoms with Crippen LogP contribution in [0.3, 0.4) is 0 Å². The summed E-state index contributed by atoms with van der Waals surface area (Å²) in [7, 11) is 1.58. The third-order valence-electron chi connectivity index (χ3n) is 2.27. The summed E-state index contributed by atoms with van der Waals surface area (Å²) in [4.78, 5) is 11.4. The molecule has 94 valence electrons. The highest BCUT2D eigenvalue weighted by atomic mass is 16.5. The quantitative estimate of drug-likeness (QED) is 0.650. The summed E-state index contributed by atoms with van der Waals surface area (Å²) in [5.74, 6) is 0.658. The Morgan fingerprint density at radius 2 is 2.24 bits per heavy atom. The van der Waals surface area contributed by atoms with Crippen molar-refractivity contribution in [2.75, 3.05) is 31.2 Å². The summed E-state index contributed by atoms with van der Waals surface area (Å²) in [6, 6.07) is 5.30. The van der Waals surface area contributed by atoms with Gasteiger partial charge in [-0.1, -0.05) is 6.92 Å². The maximum Gasteiger partial charge on any atom is 0.239 e. The van der Waals surface area contributed by atoms with Crippen LogP contribution in [0, 0.1) is 0 Å². The minimum Gasteiger partial charge on any atom is -0.497 e. The molecule has 1 amide bonds. The van der Waals surface area contributed by atoms with Crippen LogP contribution < -0.4 is 21.1 Å². The number of nitrogen functional groups attached to an aromatic ring is 1. The summed E-state index contributed by atoms with van der Waals surface area (Å²) in [5.41, 5.74) is 7.11. The number of carbonyl (C=O) groups is 1. The Kier molecular flexibility index (Phi) is 5.13. The first-order valence-electron chi connectivity index (χ1n) is 5.61. The molecule has 0 spiro atoms. The molecule has 0 aliphatic heterocycles. The second-order valence-electron chi connectivity index (χ2n) is 3.66. The molecule has 0 radical (unpaired) electrons. The number of hydrogen-bond donors (Lipinski definition) is 3. The Morgan fingerprint density at radius 3 is 2.82 bits per heavy atom. The van der Waals surface area contributed by atoms with Gasteiger partial charge in [0, 0.05) is 12.6 Å². The van der Waals surface area contributed by atoms with E-state index in [0.29, 0.717) is 18.0 Å². The number of nitrogens with one attached hydrogen (secondary N) is 2. The number of anilines is 2. The van der Waals surface area contributed by atoms with E-state index in [9.17, 15) is 4.79 Å². The normalized spacial score (nSPS) is 9.76. The lowest BCUT2D eigenvalue weighted by Gasteiger charge is -2.10. The molecule has 1 rings (SSSR count). The van der Waals surface area contributed by atoms with Crippen molar-refractivity contribution >= 4 is 17.3 Å². The highest BCUT2D eigenvalue weighted by Crippen LogP contribution is 2.23. The second-order valence-corrected chi connectivity index (χ2v) is 3.66. The van der Waals surface area contributed by atoms with Gasteiger partial charge in [0.1, 0.15) is 5.75 Å². The van der Waals surface area contributed by atoms with Gasteiger partial charge >= 0.3 is 0 Å². The Hall–Kier alpha value is -1.91. The van der Waals surface area contributed by atoms with Crippen molar-refractivity contribution in [3.63, 3.8) is 0 Å². The molecule has 0 aliphatic carbocycles. The summed E-state index contributed by atoms with van der Waals surface area (Å²) in [6.45, 7) is 2.92. The molecular formula is C12H19N3O2. The summed E-state index contributed by atoms with van der Waals surface area (Å²) < 4.78 is 5.04. The minimum absolute atomic E-state index is 0.0398. The summed E-state index contributed by atoms with van der Waals surface area (Å²) in [5, 5.41) is 5.76. The van der Waals surface area contributed by atoms with Crippen LogP contribution in [0.4, 0.5) is 11.4 Å². The monoisotopic (exact) mass is 237 g/mol. The van der Waals surface area contributed by atoms with Crippen molar-refractivity contribution in [3.8, 4) is 5.75 Å². The number of nitrogens with two attached hydrogens (primary N) is 1. The zero-order valence-electron chi connectivity index (χ0n) is 10.2. The number of methoxy groups -OCH3 is 1. The number of amides is 1. The minimum atomic E-state index is -0.0398. The van der Waals surface area contributed by atoms with Crippen LogP contribution in [0.2, 0.25) is 0 Å². The molecule has 0 aromatic heterocycles. The largest absolute Gasteiger partial charge is 0.497 e. The van der Waals surface area contributed by atoms with Crippen molar-refractivity contribution in [2.24, 2.45) is 0 Å². The predicted octanol–water partition coefficient (Wildman–Crippen LogP) is 1.22. The number of benzene rings is 1. The number of carbonyl (C=O) groups excluding carboxylic acids is 1. The van der Waals surface area contributed by atoms with Gasteiger partial charge in [0.15, 0.2) is 0 Å². The maximum absolute atomic E-state index is 11.4. The third kappa shape index (κ3) is 4.22. The summed E-state index contributed by atoms with van der Waals surface area (Å²) >= 11 is 0. The Balaban J connectivity index is 2.49. The van der Waals surface area contributed by atoms with Crippen LogP contribution in [0.15, 0.2) is 18.2 Å². The lowest BCUT2D eigenvalue weighted by atomic mass is 10.2. The van der Waals surface area contributed by atoms with Crippen LogP contribution >= 0.6 is 0 Å². The van der Waals surface area contributed by atoms with E-state index in [0.717, 1.165) is 12.1 Å². The molecule has 5 heteroatoms. The van der Waals surface area contributed by atoms with Gasteiger partial charge in [-0.25, -0.2) is 0 Å². The highest BCUT2D eigenvalue weighted by Gasteiger charge is 2.03. The van der Waals surface area contributed by atoms with Gasteiger partial charge in [-0.05, 0) is 18.6 Å². The van der Waals surface area contributed by atoms with Crippen molar-refractivity contribution in [3.05, 3.63) is 18.2 Å². The van der Waals surface area contributed by atoms with Crippen molar-refractivity contribution in [1.82, 2.24) is 5.32 Å². The number of rotatable bonds is 6. The number of ether oxygens (including phenoxy) is 1. The zero-order valence-corrected chi connectivity index (χ0v) is 10.2. The first-order valence-corrected chi connectivity index (χ1v) is 5.61. The van der Waals surface area contributed by atoms with Crippen LogP contribution in [0.1, 0.15) is 13.3 Å². The fraction of sp³-hybridized carbons (Fsp3) is 0.417. The van der Waals surface area contributed by atoms with Gasteiger partial charge in [0.25, 0.3) is 0 Å². The third-order valence-corrected chi connectivity index (χ3v) is 2.27. The molecule has 0 aliphatic rings. The first kappa shape index (κ1) is 13.2. The van der Waals surface area contributed by atoms with Gasteiger partial charge in [-0.2, -0.15) is 0 Å². The van der Waals surface area contributed by atoms with Crippen LogP contribution in [0.25, 0.3) is 0 Å². The number of hydrogen-bond acceptors (Lipinski definition) is 4. The SMILES string of the molecule is CCCNC(=O)CNc1ccc(OC)cc1N. The fourth-order valence-corrected chi connectivity index (χ4v) is 1.33. The molecule has 0 fully saturated rings. The second kappa shape index (κ2) is 6.62. The van der Waals surface area contributed by atoms with E-state index in [1.807, 2.05) is 6.92 Å². The molecule has 0 saturated heterocycles. The van der Waals surface area contributed by atoms with E-state index in [1.165, 1.54) is 0 Å². The van der Waals surface area contributed by atoms with Crippen LogP contribution in [-0.2, 0) is 4.79 Å². The predicted molar refractivity (Wildman–Crippen MR) is 69.2 cm³/mol. The van der Waals surface area contributed by atoms with E-state index in [2.05, 4.69) is 10.6 Å². The fourth-order valence-electron chi connectivity index (χ4n) is 1.33. The molecule has 0 heterocycles. The van der Waals surface area contributed by atoms with Gasteiger partial charge in [0.2, 0.25) is 5.91 Å². The van der Waals surface area contributed by atoms with E-state index in [4.69, 9.17) is 10.5 Å². The lowest BCUT2D eigenvalue weighted by molar-refractivity contribution is -0.119. The molecule has 0 atom stereocenters. The molecule has 5 nitrogen and oxygen atoms in total. The maximum atomic E-state index is 11.4. The van der Waals surface area contributed by atoms with E-state index in [-0.39, 0.29) is 12.5 Å². The molecule has 0 unspecified atom stereocenters. The van der Waals surface area contributed by atoms with Crippen molar-refractivity contribution < 1.29 is 9.53 Å².